The van der Waals surface area contributed by atoms with Gasteiger partial charge in [0.05, 0.1) is 0 Å². The number of aliphatic carboxylic acids is 1. The van der Waals surface area contributed by atoms with E-state index in [9.17, 15) is 19.8 Å². The van der Waals surface area contributed by atoms with Crippen LogP contribution >= 0.6 is 0 Å². The molecule has 0 aromatic heterocycles. The molecule has 2 atom stereocenters. The highest BCUT2D eigenvalue weighted by atomic mass is 16.4. The summed E-state index contributed by atoms with van der Waals surface area (Å²) < 4.78 is 0. The van der Waals surface area contributed by atoms with Crippen LogP contribution in [-0.4, -0.2) is 45.3 Å². The molecule has 0 aromatic rings. The third kappa shape index (κ3) is 2.97. The van der Waals surface area contributed by atoms with Crippen LogP contribution in [0.5, 0.6) is 0 Å². The van der Waals surface area contributed by atoms with Crippen molar-refractivity contribution in [3.63, 3.8) is 0 Å². The van der Waals surface area contributed by atoms with Gasteiger partial charge in [-0.05, 0) is 31.7 Å². The maximum Gasteiger partial charge on any atom is 0.408 e. The second-order valence-corrected chi connectivity index (χ2v) is 4.40. The number of rotatable bonds is 4. The van der Waals surface area contributed by atoms with Crippen LogP contribution in [0, 0.1) is 0 Å². The fourth-order valence-electron chi connectivity index (χ4n) is 2.34. The number of carboxylic acid groups (broad SMARTS) is 2. The minimum absolute atomic E-state index is 0.0109. The molecule has 1 aliphatic rings. The molecule has 1 unspecified atom stereocenters. The minimum atomic E-state index is -1.56. The Bertz CT molecular complexity index is 444. The van der Waals surface area contributed by atoms with Crippen molar-refractivity contribution in [1.82, 2.24) is 4.90 Å². The van der Waals surface area contributed by atoms with Gasteiger partial charge in [0.2, 0.25) is 0 Å². The number of likely N-dealkylation sites (tertiary alicyclic amines) is 1. The fourth-order valence-corrected chi connectivity index (χ4v) is 2.34. The van der Waals surface area contributed by atoms with Gasteiger partial charge in [-0.3, -0.25) is 4.90 Å². The predicted octanol–water partition coefficient (Wildman–Crippen LogP) is 2.23. The number of allylic oxidation sites excluding steroid dienone is 1. The Kier molecular flexibility index (Phi) is 4.77. The number of hydrogen-bond donors (Lipinski definition) is 2. The van der Waals surface area contributed by atoms with E-state index in [0.29, 0.717) is 6.42 Å². The minimum Gasteiger partial charge on any atom is -0.479 e. The summed E-state index contributed by atoms with van der Waals surface area (Å²) in [6, 6.07) is -0.498. The van der Waals surface area contributed by atoms with Gasteiger partial charge < -0.3 is 10.2 Å². The zero-order chi connectivity index (χ0) is 14.5. The van der Waals surface area contributed by atoms with E-state index < -0.39 is 23.6 Å². The molecule has 8 nitrogen and oxygen atoms in total. The van der Waals surface area contributed by atoms with Gasteiger partial charge in [0.25, 0.3) is 0 Å². The molecule has 19 heavy (non-hydrogen) atoms. The largest absolute Gasteiger partial charge is 0.479 e. The van der Waals surface area contributed by atoms with E-state index in [1.54, 1.807) is 19.1 Å². The van der Waals surface area contributed by atoms with Gasteiger partial charge >= 0.3 is 12.1 Å². The van der Waals surface area contributed by atoms with E-state index in [4.69, 9.17) is 5.53 Å². The maximum atomic E-state index is 11.6. The summed E-state index contributed by atoms with van der Waals surface area (Å²) in [5, 5.41) is 22.2. The lowest BCUT2D eigenvalue weighted by atomic mass is 9.81. The topological polar surface area (TPSA) is 127 Å². The molecule has 8 heteroatoms. The molecule has 1 saturated heterocycles. The number of nitrogens with zero attached hydrogens (tertiary/aromatic N) is 4. The molecule has 0 bridgehead atoms. The lowest BCUT2D eigenvalue weighted by Crippen LogP contribution is -2.61. The predicted molar refractivity (Wildman–Crippen MR) is 66.7 cm³/mol. The molecular weight excluding hydrogens is 252 g/mol. The third-order valence-corrected chi connectivity index (χ3v) is 3.31. The fraction of sp³-hybridized carbons (Fsp3) is 0.636. The van der Waals surface area contributed by atoms with Crippen LogP contribution < -0.4 is 0 Å². The molecule has 0 radical (unpaired) electrons. The highest BCUT2D eigenvalue weighted by Crippen LogP contribution is 2.34. The number of piperidine rings is 1. The van der Waals surface area contributed by atoms with E-state index >= 15 is 0 Å². The molecule has 0 aliphatic carbocycles. The van der Waals surface area contributed by atoms with Crippen molar-refractivity contribution in [3.05, 3.63) is 22.6 Å². The summed E-state index contributed by atoms with van der Waals surface area (Å²) in [5.74, 6) is -1.22. The molecule has 0 spiro atoms. The zero-order valence-corrected chi connectivity index (χ0v) is 10.6. The van der Waals surface area contributed by atoms with Crippen LogP contribution in [0.4, 0.5) is 4.79 Å². The van der Waals surface area contributed by atoms with Gasteiger partial charge in [-0.1, -0.05) is 17.3 Å². The second-order valence-electron chi connectivity index (χ2n) is 4.40. The summed E-state index contributed by atoms with van der Waals surface area (Å²) >= 11 is 0. The number of hydrogen-bond acceptors (Lipinski definition) is 3. The molecule has 2 N–H and O–H groups in total. The van der Waals surface area contributed by atoms with Crippen LogP contribution in [0.2, 0.25) is 0 Å². The summed E-state index contributed by atoms with van der Waals surface area (Å²) in [5.41, 5.74) is 6.89. The van der Waals surface area contributed by atoms with Crippen LogP contribution in [0.1, 0.15) is 26.2 Å². The molecule has 104 valence electrons. The van der Waals surface area contributed by atoms with Crippen molar-refractivity contribution < 1.29 is 19.8 Å². The van der Waals surface area contributed by atoms with Gasteiger partial charge in [0, 0.05) is 17.5 Å². The summed E-state index contributed by atoms with van der Waals surface area (Å²) in [6.45, 7) is 1.78. The van der Waals surface area contributed by atoms with Crippen molar-refractivity contribution in [2.75, 3.05) is 6.54 Å². The number of azide groups is 1. The monoisotopic (exact) mass is 268 g/mol. The average molecular weight is 268 g/mol. The first-order valence-corrected chi connectivity index (χ1v) is 5.87. The summed E-state index contributed by atoms with van der Waals surface area (Å²) in [4.78, 5) is 26.4. The van der Waals surface area contributed by atoms with Gasteiger partial charge in [-0.2, -0.15) is 0 Å². The van der Waals surface area contributed by atoms with Gasteiger partial charge in [0.1, 0.15) is 5.54 Å². The molecule has 1 aliphatic heterocycles. The van der Waals surface area contributed by atoms with E-state index in [1.807, 2.05) is 0 Å². The maximum absolute atomic E-state index is 11.6. The molecule has 0 saturated carbocycles. The quantitative estimate of drug-likeness (QED) is 0.350. The Hall–Kier alpha value is -2.21. The average Bonchev–Trinajstić information content (AvgIpc) is 2.36. The van der Waals surface area contributed by atoms with Crippen LogP contribution in [0.15, 0.2) is 17.3 Å². The Morgan fingerprint density at radius 2 is 2.26 bits per heavy atom. The van der Waals surface area contributed by atoms with Crippen molar-refractivity contribution in [2.45, 2.75) is 37.8 Å². The van der Waals surface area contributed by atoms with E-state index in [-0.39, 0.29) is 19.4 Å². The van der Waals surface area contributed by atoms with Crippen molar-refractivity contribution in [2.24, 2.45) is 5.11 Å². The number of carboxylic acids is 1. The standard InChI is InChI=1S/C11H16N4O4/c1-2-3-5-11(9(16)17)7-8(13-14-12)4-6-15(11)10(18)19/h2-3,8H,4-7H2,1H3,(H,16,17)(H,18,19)/t8-,11?/m0/s1. The van der Waals surface area contributed by atoms with E-state index in [0.717, 1.165) is 4.90 Å². The van der Waals surface area contributed by atoms with Crippen LogP contribution in [0.3, 0.4) is 0 Å². The normalized spacial score (nSPS) is 27.0. The summed E-state index contributed by atoms with van der Waals surface area (Å²) in [7, 11) is 0. The van der Waals surface area contributed by atoms with Gasteiger partial charge in [0.15, 0.2) is 0 Å². The van der Waals surface area contributed by atoms with Crippen molar-refractivity contribution in [1.29, 1.82) is 0 Å². The Labute approximate surface area is 109 Å². The second kappa shape index (κ2) is 6.10. The highest BCUT2D eigenvalue weighted by Gasteiger charge is 2.50. The van der Waals surface area contributed by atoms with Crippen molar-refractivity contribution in [3.8, 4) is 0 Å². The number of amides is 1. The van der Waals surface area contributed by atoms with Crippen LogP contribution in [0.25, 0.3) is 10.4 Å². The smallest absolute Gasteiger partial charge is 0.408 e. The number of carbonyl (C=O) groups is 2. The van der Waals surface area contributed by atoms with Crippen molar-refractivity contribution >= 4 is 12.1 Å². The zero-order valence-electron chi connectivity index (χ0n) is 10.6. The van der Waals surface area contributed by atoms with E-state index in [1.165, 1.54) is 0 Å². The van der Waals surface area contributed by atoms with Gasteiger partial charge in [-0.15, -0.1) is 0 Å². The molecular formula is C11H16N4O4. The molecule has 1 amide bonds. The molecule has 1 rings (SSSR count). The summed E-state index contributed by atoms with van der Waals surface area (Å²) in [6.07, 6.45) is 2.39. The third-order valence-electron chi connectivity index (χ3n) is 3.31. The first kappa shape index (κ1) is 14.8. The van der Waals surface area contributed by atoms with Gasteiger partial charge in [-0.25, -0.2) is 9.59 Å². The van der Waals surface area contributed by atoms with E-state index in [2.05, 4.69) is 10.0 Å². The lowest BCUT2D eigenvalue weighted by Gasteiger charge is -2.43. The molecule has 1 heterocycles. The Balaban J connectivity index is 3.16. The Morgan fingerprint density at radius 3 is 2.74 bits per heavy atom. The molecule has 1 fully saturated rings. The van der Waals surface area contributed by atoms with Crippen LogP contribution in [-0.2, 0) is 4.79 Å². The molecule has 0 aromatic carbocycles. The highest BCUT2D eigenvalue weighted by molar-refractivity contribution is 5.84. The first-order valence-electron chi connectivity index (χ1n) is 5.87. The lowest BCUT2D eigenvalue weighted by molar-refractivity contribution is -0.152. The SMILES string of the molecule is CC=CCC1(C(=O)O)C[C@@H](N=[N+]=[N-])CCN1C(=O)O. The first-order chi connectivity index (χ1) is 8.97. The Morgan fingerprint density at radius 1 is 1.58 bits per heavy atom.